The minimum Gasteiger partial charge on any atom is -0.508 e. The third-order valence-corrected chi connectivity index (χ3v) is 1.63. The second kappa shape index (κ2) is 3.80. The lowest BCUT2D eigenvalue weighted by atomic mass is 10.1. The molecule has 0 fully saturated rings. The summed E-state index contributed by atoms with van der Waals surface area (Å²) in [5.74, 6) is 5.89. The van der Waals surface area contributed by atoms with Gasteiger partial charge in [-0.15, -0.1) is 0 Å². The van der Waals surface area contributed by atoms with Crippen LogP contribution in [-0.2, 0) is 0 Å². The lowest BCUT2D eigenvalue weighted by Crippen LogP contribution is -1.93. The van der Waals surface area contributed by atoms with Crippen molar-refractivity contribution in [3.05, 3.63) is 29.3 Å². The van der Waals surface area contributed by atoms with Gasteiger partial charge in [-0.2, -0.15) is 0 Å². The Hall–Kier alpha value is -1.46. The highest BCUT2D eigenvalue weighted by molar-refractivity contribution is 5.47. The highest BCUT2D eigenvalue weighted by atomic mass is 16.3. The molecule has 0 saturated heterocycles. The fraction of sp³-hybridized carbons (Fsp3) is 0.200. The van der Waals surface area contributed by atoms with E-state index in [1.54, 1.807) is 12.1 Å². The molecule has 0 heterocycles. The molecule has 0 aliphatic heterocycles. The van der Waals surface area contributed by atoms with Crippen molar-refractivity contribution >= 4 is 0 Å². The van der Waals surface area contributed by atoms with E-state index < -0.39 is 0 Å². The maximum absolute atomic E-state index is 9.30. The monoisotopic (exact) mass is 161 g/mol. The Bertz CT molecular complexity index is 333. The van der Waals surface area contributed by atoms with Crippen LogP contribution in [0, 0.1) is 18.8 Å². The van der Waals surface area contributed by atoms with Gasteiger partial charge in [-0.1, -0.05) is 17.9 Å². The predicted octanol–water partition coefficient (Wildman–Crippen LogP) is 1.01. The third-order valence-electron chi connectivity index (χ3n) is 1.63. The number of hydrogen-bond donors (Lipinski definition) is 2. The molecule has 2 heteroatoms. The molecule has 1 rings (SSSR count). The van der Waals surface area contributed by atoms with Crippen molar-refractivity contribution in [1.29, 1.82) is 0 Å². The SMILES string of the molecule is Cc1c(O)cccc1C#CCN. The van der Waals surface area contributed by atoms with E-state index in [1.807, 2.05) is 13.0 Å². The molecule has 0 amide bonds. The van der Waals surface area contributed by atoms with E-state index in [0.29, 0.717) is 6.54 Å². The van der Waals surface area contributed by atoms with Crippen molar-refractivity contribution in [3.63, 3.8) is 0 Å². The molecular formula is C10H11NO. The molecular weight excluding hydrogens is 150 g/mol. The van der Waals surface area contributed by atoms with Gasteiger partial charge in [-0.3, -0.25) is 0 Å². The predicted molar refractivity (Wildman–Crippen MR) is 48.8 cm³/mol. The van der Waals surface area contributed by atoms with Gasteiger partial charge < -0.3 is 10.8 Å². The Morgan fingerprint density at radius 3 is 2.92 bits per heavy atom. The van der Waals surface area contributed by atoms with Gasteiger partial charge in [0.05, 0.1) is 6.54 Å². The second-order valence-electron chi connectivity index (χ2n) is 2.46. The number of nitrogens with two attached hydrogens (primary N) is 1. The topological polar surface area (TPSA) is 46.2 Å². The molecule has 0 unspecified atom stereocenters. The van der Waals surface area contributed by atoms with Crippen LogP contribution in [0.1, 0.15) is 11.1 Å². The summed E-state index contributed by atoms with van der Waals surface area (Å²) in [7, 11) is 0. The van der Waals surface area contributed by atoms with Crippen LogP contribution >= 0.6 is 0 Å². The number of benzene rings is 1. The summed E-state index contributed by atoms with van der Waals surface area (Å²) in [6.07, 6.45) is 0. The zero-order valence-corrected chi connectivity index (χ0v) is 6.96. The molecule has 0 spiro atoms. The maximum Gasteiger partial charge on any atom is 0.119 e. The average Bonchev–Trinajstić information content (AvgIpc) is 2.08. The third kappa shape index (κ3) is 1.77. The normalized spacial score (nSPS) is 8.83. The van der Waals surface area contributed by atoms with E-state index in [0.717, 1.165) is 11.1 Å². The lowest BCUT2D eigenvalue weighted by Gasteiger charge is -1.99. The Morgan fingerprint density at radius 2 is 2.25 bits per heavy atom. The van der Waals surface area contributed by atoms with Gasteiger partial charge in [-0.05, 0) is 19.1 Å². The Kier molecular flexibility index (Phi) is 2.73. The van der Waals surface area contributed by atoms with Gasteiger partial charge in [0.1, 0.15) is 5.75 Å². The van der Waals surface area contributed by atoms with Crippen molar-refractivity contribution in [2.45, 2.75) is 6.92 Å². The van der Waals surface area contributed by atoms with Crippen LogP contribution in [0.4, 0.5) is 0 Å². The van der Waals surface area contributed by atoms with Gasteiger partial charge in [0, 0.05) is 11.1 Å². The van der Waals surface area contributed by atoms with Crippen molar-refractivity contribution in [2.24, 2.45) is 5.73 Å². The fourth-order valence-corrected chi connectivity index (χ4v) is 0.905. The van der Waals surface area contributed by atoms with Crippen LogP contribution in [0.3, 0.4) is 0 Å². The Balaban J connectivity index is 3.08. The molecule has 0 aliphatic rings. The zero-order chi connectivity index (χ0) is 8.97. The van der Waals surface area contributed by atoms with Crippen molar-refractivity contribution in [3.8, 4) is 17.6 Å². The largest absolute Gasteiger partial charge is 0.508 e. The quantitative estimate of drug-likeness (QED) is 0.558. The first-order valence-corrected chi connectivity index (χ1v) is 3.73. The Labute approximate surface area is 72.0 Å². The second-order valence-corrected chi connectivity index (χ2v) is 2.46. The number of phenols is 1. The molecule has 12 heavy (non-hydrogen) atoms. The summed E-state index contributed by atoms with van der Waals surface area (Å²) >= 11 is 0. The minimum absolute atomic E-state index is 0.277. The maximum atomic E-state index is 9.30. The molecule has 0 atom stereocenters. The summed E-state index contributed by atoms with van der Waals surface area (Å²) < 4.78 is 0. The van der Waals surface area contributed by atoms with E-state index in [9.17, 15) is 5.11 Å². The summed E-state index contributed by atoms with van der Waals surface area (Å²) in [4.78, 5) is 0. The minimum atomic E-state index is 0.277. The molecule has 0 aliphatic carbocycles. The molecule has 2 nitrogen and oxygen atoms in total. The van der Waals surface area contributed by atoms with Crippen LogP contribution < -0.4 is 5.73 Å². The number of rotatable bonds is 0. The number of aromatic hydroxyl groups is 1. The van der Waals surface area contributed by atoms with Crippen LogP contribution in [0.5, 0.6) is 5.75 Å². The van der Waals surface area contributed by atoms with Gasteiger partial charge in [0.2, 0.25) is 0 Å². The van der Waals surface area contributed by atoms with E-state index in [-0.39, 0.29) is 5.75 Å². The molecule has 62 valence electrons. The van der Waals surface area contributed by atoms with E-state index in [1.165, 1.54) is 0 Å². The van der Waals surface area contributed by atoms with Crippen molar-refractivity contribution in [2.75, 3.05) is 6.54 Å². The van der Waals surface area contributed by atoms with E-state index in [4.69, 9.17) is 5.73 Å². The fourth-order valence-electron chi connectivity index (χ4n) is 0.905. The highest BCUT2D eigenvalue weighted by Gasteiger charge is 1.97. The van der Waals surface area contributed by atoms with Gasteiger partial charge >= 0.3 is 0 Å². The highest BCUT2D eigenvalue weighted by Crippen LogP contribution is 2.18. The van der Waals surface area contributed by atoms with Gasteiger partial charge in [0.25, 0.3) is 0 Å². The van der Waals surface area contributed by atoms with E-state index in [2.05, 4.69) is 11.8 Å². The Morgan fingerprint density at radius 1 is 1.50 bits per heavy atom. The molecule has 0 aromatic heterocycles. The van der Waals surface area contributed by atoms with Crippen LogP contribution in [0.25, 0.3) is 0 Å². The molecule has 1 aromatic carbocycles. The lowest BCUT2D eigenvalue weighted by molar-refractivity contribution is 0.471. The van der Waals surface area contributed by atoms with Crippen molar-refractivity contribution < 1.29 is 5.11 Å². The molecule has 3 N–H and O–H groups in total. The number of phenolic OH excluding ortho intramolecular Hbond substituents is 1. The standard InChI is InChI=1S/C10H11NO/c1-8-9(5-3-7-11)4-2-6-10(8)12/h2,4,6,12H,7,11H2,1H3. The van der Waals surface area contributed by atoms with Crippen LogP contribution in [0.15, 0.2) is 18.2 Å². The first-order chi connectivity index (χ1) is 5.75. The molecule has 0 radical (unpaired) electrons. The van der Waals surface area contributed by atoms with Gasteiger partial charge in [-0.25, -0.2) is 0 Å². The first kappa shape index (κ1) is 8.63. The smallest absolute Gasteiger partial charge is 0.119 e. The molecule has 1 aromatic rings. The molecule has 0 bridgehead atoms. The number of hydrogen-bond acceptors (Lipinski definition) is 2. The zero-order valence-electron chi connectivity index (χ0n) is 6.96. The van der Waals surface area contributed by atoms with Crippen molar-refractivity contribution in [1.82, 2.24) is 0 Å². The van der Waals surface area contributed by atoms with E-state index >= 15 is 0 Å². The summed E-state index contributed by atoms with van der Waals surface area (Å²) in [6.45, 7) is 2.17. The first-order valence-electron chi connectivity index (χ1n) is 3.73. The van der Waals surface area contributed by atoms with Crippen LogP contribution in [-0.4, -0.2) is 11.7 Å². The summed E-state index contributed by atoms with van der Waals surface area (Å²) in [5.41, 5.74) is 6.87. The molecule has 0 saturated carbocycles. The van der Waals surface area contributed by atoms with Gasteiger partial charge in [0.15, 0.2) is 0 Å². The van der Waals surface area contributed by atoms with Crippen LogP contribution in [0.2, 0.25) is 0 Å². The average molecular weight is 161 g/mol. The summed E-state index contributed by atoms with van der Waals surface area (Å²) in [6, 6.07) is 5.27. The summed E-state index contributed by atoms with van der Waals surface area (Å²) in [5, 5.41) is 9.30.